The highest BCUT2D eigenvalue weighted by Gasteiger charge is 2.20. The molecule has 1 aromatic heterocycles. The first-order chi connectivity index (χ1) is 12.0. The number of thiophene rings is 1. The Balaban J connectivity index is 0.00000243. The van der Waals surface area contributed by atoms with Crippen LogP contribution in [0.5, 0.6) is 0 Å². The van der Waals surface area contributed by atoms with Gasteiger partial charge >= 0.3 is 0 Å². The van der Waals surface area contributed by atoms with E-state index in [1.807, 2.05) is 29.6 Å². The third-order valence-electron chi connectivity index (χ3n) is 4.40. The fourth-order valence-electron chi connectivity index (χ4n) is 3.02. The highest BCUT2D eigenvalue weighted by Crippen LogP contribution is 2.32. The Hall–Kier alpha value is -0.440. The zero-order valence-electron chi connectivity index (χ0n) is 14.0. The summed E-state index contributed by atoms with van der Waals surface area (Å²) in [5.41, 5.74) is 1.82. The second kappa shape index (κ2) is 10.2. The van der Waals surface area contributed by atoms with E-state index in [9.17, 15) is 9.90 Å². The van der Waals surface area contributed by atoms with Gasteiger partial charge in [0.15, 0.2) is 0 Å². The van der Waals surface area contributed by atoms with E-state index in [2.05, 4.69) is 42.5 Å². The molecule has 1 aromatic carbocycles. The van der Waals surface area contributed by atoms with Gasteiger partial charge in [-0.05, 0) is 70.8 Å². The molecule has 26 heavy (non-hydrogen) atoms. The van der Waals surface area contributed by atoms with Crippen LogP contribution < -0.4 is 10.6 Å². The molecule has 0 aliphatic heterocycles. The second-order valence-corrected chi connectivity index (χ2v) is 8.96. The number of benzene rings is 1. The lowest BCUT2D eigenvalue weighted by Crippen LogP contribution is -2.34. The Bertz CT molecular complexity index is 735. The van der Waals surface area contributed by atoms with Crippen molar-refractivity contribution in [2.75, 3.05) is 5.32 Å². The minimum absolute atomic E-state index is 0. The normalized spacial score (nSPS) is 19.7. The van der Waals surface area contributed by atoms with Crippen LogP contribution in [-0.2, 0) is 6.54 Å². The van der Waals surface area contributed by atoms with Crippen LogP contribution in [0.1, 0.15) is 40.9 Å². The van der Waals surface area contributed by atoms with Crippen molar-refractivity contribution in [3.8, 4) is 0 Å². The van der Waals surface area contributed by atoms with Crippen molar-refractivity contribution in [3.63, 3.8) is 0 Å². The number of rotatable bonds is 5. The molecule has 142 valence electrons. The number of halogens is 3. The quantitative estimate of drug-likeness (QED) is 0.495. The molecular formula is C18H21Br2ClN2O2S. The van der Waals surface area contributed by atoms with E-state index in [1.54, 1.807) is 0 Å². The summed E-state index contributed by atoms with van der Waals surface area (Å²) in [6, 6.07) is 8.06. The Morgan fingerprint density at radius 2 is 1.96 bits per heavy atom. The number of carbonyl (C=O) groups excluding carboxylic acids is 1. The number of anilines is 1. The molecule has 0 radical (unpaired) electrons. The van der Waals surface area contributed by atoms with Gasteiger partial charge in [0.25, 0.3) is 5.91 Å². The maximum absolute atomic E-state index is 12.4. The Morgan fingerprint density at radius 1 is 1.23 bits per heavy atom. The minimum atomic E-state index is -0.154. The number of nitrogens with one attached hydrogen (secondary N) is 2. The molecule has 3 rings (SSSR count). The van der Waals surface area contributed by atoms with Crippen LogP contribution in [0.4, 0.5) is 5.69 Å². The Labute approximate surface area is 180 Å². The monoisotopic (exact) mass is 522 g/mol. The Morgan fingerprint density at radius 3 is 2.62 bits per heavy atom. The van der Waals surface area contributed by atoms with Crippen LogP contribution in [0.25, 0.3) is 0 Å². The van der Waals surface area contributed by atoms with Gasteiger partial charge in [-0.2, -0.15) is 0 Å². The zero-order valence-corrected chi connectivity index (χ0v) is 18.8. The standard InChI is InChI=1S/C18H20Br2N2O2S.ClH/c19-12-8-11(10-21-13-3-5-14(23)6-4-13)17(15(20)9-12)22-18(24)16-2-1-7-25-16;/h1-2,7-9,13-14,21,23H,3-6,10H2,(H,22,24);1H/t13-,14-;. The van der Waals surface area contributed by atoms with Crippen molar-refractivity contribution in [1.29, 1.82) is 0 Å². The summed E-state index contributed by atoms with van der Waals surface area (Å²) in [6.07, 6.45) is 3.50. The third-order valence-corrected chi connectivity index (χ3v) is 6.35. The molecule has 1 amide bonds. The van der Waals surface area contributed by atoms with Crippen LogP contribution in [0.2, 0.25) is 0 Å². The highest BCUT2D eigenvalue weighted by atomic mass is 79.9. The van der Waals surface area contributed by atoms with Crippen LogP contribution in [0, 0.1) is 0 Å². The lowest BCUT2D eigenvalue weighted by atomic mass is 9.93. The van der Waals surface area contributed by atoms with E-state index in [1.165, 1.54) is 11.3 Å². The van der Waals surface area contributed by atoms with Gasteiger partial charge in [-0.1, -0.05) is 22.0 Å². The molecule has 2 aromatic rings. The first-order valence-electron chi connectivity index (χ1n) is 8.27. The number of aliphatic hydroxyl groups excluding tert-OH is 1. The van der Waals surface area contributed by atoms with E-state index in [0.717, 1.165) is 45.9 Å². The number of hydrogen-bond acceptors (Lipinski definition) is 4. The highest BCUT2D eigenvalue weighted by molar-refractivity contribution is 9.11. The molecule has 0 saturated heterocycles. The SMILES string of the molecule is Cl.O=C(Nc1c(Br)cc(Br)cc1CN[C@H]1CC[C@H](O)CC1)c1cccs1. The van der Waals surface area contributed by atoms with Gasteiger partial charge in [0.1, 0.15) is 0 Å². The molecule has 1 fully saturated rings. The molecule has 1 heterocycles. The fraction of sp³-hybridized carbons (Fsp3) is 0.389. The zero-order chi connectivity index (χ0) is 17.8. The fourth-order valence-corrected chi connectivity index (χ4v) is 5.06. The van der Waals surface area contributed by atoms with Crippen molar-refractivity contribution in [2.24, 2.45) is 0 Å². The molecule has 1 saturated carbocycles. The number of aliphatic hydroxyl groups is 1. The predicted octanol–water partition coefficient (Wildman–Crippen LogP) is 5.34. The van der Waals surface area contributed by atoms with Crippen LogP contribution in [0.3, 0.4) is 0 Å². The molecule has 1 aliphatic rings. The topological polar surface area (TPSA) is 61.4 Å². The van der Waals surface area contributed by atoms with Crippen molar-refractivity contribution in [1.82, 2.24) is 5.32 Å². The molecule has 0 unspecified atom stereocenters. The van der Waals surface area contributed by atoms with Crippen LogP contribution in [0.15, 0.2) is 38.6 Å². The summed E-state index contributed by atoms with van der Waals surface area (Å²) in [4.78, 5) is 13.1. The maximum Gasteiger partial charge on any atom is 0.265 e. The number of carbonyl (C=O) groups is 1. The smallest absolute Gasteiger partial charge is 0.265 e. The molecule has 1 aliphatic carbocycles. The molecule has 0 bridgehead atoms. The van der Waals surface area contributed by atoms with Crippen molar-refractivity contribution in [3.05, 3.63) is 49.0 Å². The van der Waals surface area contributed by atoms with E-state index in [0.29, 0.717) is 17.5 Å². The van der Waals surface area contributed by atoms with Crippen molar-refractivity contribution >= 4 is 67.2 Å². The molecule has 4 nitrogen and oxygen atoms in total. The number of hydrogen-bond donors (Lipinski definition) is 3. The third kappa shape index (κ3) is 5.78. The van der Waals surface area contributed by atoms with Gasteiger partial charge < -0.3 is 15.7 Å². The van der Waals surface area contributed by atoms with Crippen LogP contribution >= 0.6 is 55.6 Å². The minimum Gasteiger partial charge on any atom is -0.393 e. The van der Waals surface area contributed by atoms with Gasteiger partial charge in [-0.25, -0.2) is 0 Å². The Kier molecular flexibility index (Phi) is 8.57. The number of amides is 1. The van der Waals surface area contributed by atoms with Gasteiger partial charge in [0, 0.05) is 21.5 Å². The largest absolute Gasteiger partial charge is 0.393 e. The molecule has 8 heteroatoms. The van der Waals surface area contributed by atoms with Gasteiger partial charge in [0.2, 0.25) is 0 Å². The summed E-state index contributed by atoms with van der Waals surface area (Å²) >= 11 is 8.51. The second-order valence-electron chi connectivity index (χ2n) is 6.24. The van der Waals surface area contributed by atoms with Gasteiger partial charge in [0.05, 0.1) is 16.7 Å². The first kappa shape index (κ1) is 21.9. The van der Waals surface area contributed by atoms with Gasteiger partial charge in [-0.15, -0.1) is 23.7 Å². The average molecular weight is 525 g/mol. The van der Waals surface area contributed by atoms with E-state index < -0.39 is 0 Å². The summed E-state index contributed by atoms with van der Waals surface area (Å²) in [7, 11) is 0. The van der Waals surface area contributed by atoms with E-state index in [-0.39, 0.29) is 24.4 Å². The van der Waals surface area contributed by atoms with E-state index >= 15 is 0 Å². The summed E-state index contributed by atoms with van der Waals surface area (Å²) in [5.74, 6) is -0.0972. The lowest BCUT2D eigenvalue weighted by molar-refractivity contribution is 0.103. The molecule has 0 spiro atoms. The summed E-state index contributed by atoms with van der Waals surface area (Å²) in [6.45, 7) is 0.666. The van der Waals surface area contributed by atoms with Crippen molar-refractivity contribution in [2.45, 2.75) is 44.4 Å². The molecule has 3 N–H and O–H groups in total. The average Bonchev–Trinajstić information content (AvgIpc) is 3.11. The summed E-state index contributed by atoms with van der Waals surface area (Å²) in [5, 5.41) is 18.1. The van der Waals surface area contributed by atoms with Crippen molar-refractivity contribution < 1.29 is 9.90 Å². The first-order valence-corrected chi connectivity index (χ1v) is 10.7. The van der Waals surface area contributed by atoms with Crippen LogP contribution in [-0.4, -0.2) is 23.2 Å². The van der Waals surface area contributed by atoms with E-state index in [4.69, 9.17) is 0 Å². The lowest BCUT2D eigenvalue weighted by Gasteiger charge is -2.27. The van der Waals surface area contributed by atoms with Gasteiger partial charge in [-0.3, -0.25) is 4.79 Å². The molecule has 0 atom stereocenters. The molecular weight excluding hydrogens is 504 g/mol. The predicted molar refractivity (Wildman–Crippen MR) is 116 cm³/mol. The summed E-state index contributed by atoms with van der Waals surface area (Å²) < 4.78 is 1.81. The maximum atomic E-state index is 12.4.